The van der Waals surface area contributed by atoms with E-state index in [9.17, 15) is 9.18 Å². The molecule has 2 aromatic carbocycles. The number of carbonyl (C=O) groups excluding carboxylic acids is 1. The number of hydrogen-bond acceptors (Lipinski definition) is 5. The van der Waals surface area contributed by atoms with Crippen molar-refractivity contribution in [3.05, 3.63) is 83.4 Å². The number of aromatic nitrogens is 4. The Bertz CT molecular complexity index is 1250. The zero-order valence-electron chi connectivity index (χ0n) is 17.3. The first-order valence-corrected chi connectivity index (χ1v) is 11.0. The van der Waals surface area contributed by atoms with Crippen molar-refractivity contribution in [1.29, 1.82) is 0 Å². The van der Waals surface area contributed by atoms with Crippen LogP contribution in [0.5, 0.6) is 0 Å². The molecule has 0 radical (unpaired) electrons. The molecule has 0 aliphatic heterocycles. The normalized spacial score (nSPS) is 11.9. The number of aryl methyl sites for hydroxylation is 1. The smallest absolute Gasteiger partial charge is 0.237 e. The van der Waals surface area contributed by atoms with Gasteiger partial charge in [-0.2, -0.15) is 0 Å². The van der Waals surface area contributed by atoms with Crippen LogP contribution in [0.4, 0.5) is 10.1 Å². The number of hydrogen-bond donors (Lipinski definition) is 1. The summed E-state index contributed by atoms with van der Waals surface area (Å²) in [5.74, 6) is -0.153. The average Bonchev–Trinajstić information content (AvgIpc) is 3.21. The summed E-state index contributed by atoms with van der Waals surface area (Å²) in [5.41, 5.74) is 3.30. The van der Waals surface area contributed by atoms with Gasteiger partial charge < -0.3 is 5.32 Å². The maximum absolute atomic E-state index is 13.4. The van der Waals surface area contributed by atoms with Crippen molar-refractivity contribution in [2.75, 3.05) is 5.32 Å². The van der Waals surface area contributed by atoms with Crippen molar-refractivity contribution in [1.82, 2.24) is 19.7 Å². The van der Waals surface area contributed by atoms with Gasteiger partial charge in [-0.1, -0.05) is 41.1 Å². The highest BCUT2D eigenvalue weighted by Crippen LogP contribution is 2.30. The minimum Gasteiger partial charge on any atom is -0.325 e. The summed E-state index contributed by atoms with van der Waals surface area (Å²) in [4.78, 5) is 16.8. The molecule has 1 N–H and O–H groups in total. The van der Waals surface area contributed by atoms with Crippen LogP contribution in [0.2, 0.25) is 5.02 Å². The summed E-state index contributed by atoms with van der Waals surface area (Å²) in [6, 6.07) is 15.8. The molecule has 6 nitrogen and oxygen atoms in total. The Morgan fingerprint density at radius 1 is 1.09 bits per heavy atom. The second kappa shape index (κ2) is 9.50. The number of nitrogens with one attached hydrogen (secondary N) is 1. The van der Waals surface area contributed by atoms with Crippen molar-refractivity contribution < 1.29 is 9.18 Å². The van der Waals surface area contributed by atoms with E-state index < -0.39 is 11.1 Å². The van der Waals surface area contributed by atoms with Crippen LogP contribution in [-0.4, -0.2) is 30.9 Å². The molecule has 0 bridgehead atoms. The molecule has 32 heavy (non-hydrogen) atoms. The zero-order chi connectivity index (χ0) is 22.7. The molecule has 0 saturated heterocycles. The number of thioether (sulfide) groups is 1. The van der Waals surface area contributed by atoms with Gasteiger partial charge in [-0.25, -0.2) is 4.39 Å². The molecule has 2 heterocycles. The predicted octanol–water partition coefficient (Wildman–Crippen LogP) is 5.55. The van der Waals surface area contributed by atoms with Crippen LogP contribution < -0.4 is 5.32 Å². The van der Waals surface area contributed by atoms with E-state index in [1.807, 2.05) is 47.9 Å². The lowest BCUT2D eigenvalue weighted by Crippen LogP contribution is -2.23. The standard InChI is InChI=1S/C23H19ClFN5OS/c1-14-3-6-18(7-4-14)30-21(16-9-11-26-12-10-16)28-29-23(30)32-15(2)22(31)27-17-5-8-20(25)19(24)13-17/h3-13,15H,1-2H3,(H,27,31). The SMILES string of the molecule is Cc1ccc(-n2c(SC(C)C(=O)Nc3ccc(F)c(Cl)c3)nnc2-c2ccncc2)cc1. The van der Waals surface area contributed by atoms with E-state index in [4.69, 9.17) is 11.6 Å². The molecule has 4 rings (SSSR count). The van der Waals surface area contributed by atoms with Gasteiger partial charge in [0.1, 0.15) is 5.82 Å². The van der Waals surface area contributed by atoms with E-state index in [0.717, 1.165) is 16.8 Å². The summed E-state index contributed by atoms with van der Waals surface area (Å²) in [6.45, 7) is 3.79. The maximum atomic E-state index is 13.4. The summed E-state index contributed by atoms with van der Waals surface area (Å²) >= 11 is 7.08. The molecule has 0 saturated carbocycles. The first-order chi connectivity index (χ1) is 15.4. The summed E-state index contributed by atoms with van der Waals surface area (Å²) < 4.78 is 15.3. The fourth-order valence-electron chi connectivity index (χ4n) is 2.99. The van der Waals surface area contributed by atoms with Crippen LogP contribution in [0.3, 0.4) is 0 Å². The largest absolute Gasteiger partial charge is 0.325 e. The lowest BCUT2D eigenvalue weighted by atomic mass is 10.2. The first-order valence-electron chi connectivity index (χ1n) is 9.78. The molecule has 9 heteroatoms. The van der Waals surface area contributed by atoms with Crippen molar-refractivity contribution in [2.24, 2.45) is 0 Å². The summed E-state index contributed by atoms with van der Waals surface area (Å²) in [5, 5.41) is 11.5. The van der Waals surface area contributed by atoms with Gasteiger partial charge in [-0.3, -0.25) is 14.3 Å². The lowest BCUT2D eigenvalue weighted by Gasteiger charge is -2.14. The fraction of sp³-hybridized carbons (Fsp3) is 0.130. The number of anilines is 1. The Balaban J connectivity index is 1.62. The van der Waals surface area contributed by atoms with Crippen LogP contribution >= 0.6 is 23.4 Å². The summed E-state index contributed by atoms with van der Waals surface area (Å²) in [7, 11) is 0. The van der Waals surface area contributed by atoms with Gasteiger partial charge in [-0.15, -0.1) is 10.2 Å². The van der Waals surface area contributed by atoms with E-state index in [2.05, 4.69) is 20.5 Å². The Morgan fingerprint density at radius 2 is 1.81 bits per heavy atom. The molecule has 1 amide bonds. The Kier molecular flexibility index (Phi) is 6.53. The van der Waals surface area contributed by atoms with Gasteiger partial charge in [0.05, 0.1) is 10.3 Å². The van der Waals surface area contributed by atoms with Gasteiger partial charge in [0.25, 0.3) is 0 Å². The van der Waals surface area contributed by atoms with Gasteiger partial charge in [-0.05, 0) is 56.3 Å². The Labute approximate surface area is 193 Å². The number of amides is 1. The monoisotopic (exact) mass is 467 g/mol. The lowest BCUT2D eigenvalue weighted by molar-refractivity contribution is -0.115. The van der Waals surface area contributed by atoms with E-state index >= 15 is 0 Å². The van der Waals surface area contributed by atoms with Crippen molar-refractivity contribution in [3.8, 4) is 17.1 Å². The molecule has 4 aromatic rings. The van der Waals surface area contributed by atoms with Crippen LogP contribution in [0.25, 0.3) is 17.1 Å². The molecule has 0 fully saturated rings. The number of benzene rings is 2. The molecule has 1 unspecified atom stereocenters. The second-order valence-corrected chi connectivity index (χ2v) is 8.81. The highest BCUT2D eigenvalue weighted by Gasteiger charge is 2.22. The molecular weight excluding hydrogens is 449 g/mol. The predicted molar refractivity (Wildman–Crippen MR) is 125 cm³/mol. The number of rotatable bonds is 6. The first kappa shape index (κ1) is 22.0. The summed E-state index contributed by atoms with van der Waals surface area (Å²) in [6.07, 6.45) is 3.39. The average molecular weight is 468 g/mol. The maximum Gasteiger partial charge on any atom is 0.237 e. The van der Waals surface area contributed by atoms with E-state index in [1.165, 1.54) is 30.0 Å². The quantitative estimate of drug-likeness (QED) is 0.376. The minimum absolute atomic E-state index is 0.0517. The van der Waals surface area contributed by atoms with Gasteiger partial charge in [0, 0.05) is 29.3 Å². The molecule has 2 aromatic heterocycles. The topological polar surface area (TPSA) is 72.7 Å². The van der Waals surface area contributed by atoms with E-state index in [1.54, 1.807) is 19.3 Å². The molecule has 1 atom stereocenters. The Hall–Kier alpha value is -3.23. The Morgan fingerprint density at radius 3 is 2.50 bits per heavy atom. The molecule has 0 spiro atoms. The number of pyridine rings is 1. The van der Waals surface area contributed by atoms with E-state index in [-0.39, 0.29) is 10.9 Å². The minimum atomic E-state index is -0.540. The van der Waals surface area contributed by atoms with Crippen LogP contribution in [-0.2, 0) is 4.79 Å². The second-order valence-electron chi connectivity index (χ2n) is 7.09. The fourth-order valence-corrected chi connectivity index (χ4v) is 4.04. The third-order valence-corrected chi connectivity index (χ3v) is 6.03. The third-order valence-electron chi connectivity index (χ3n) is 4.70. The molecule has 162 valence electrons. The van der Waals surface area contributed by atoms with E-state index in [0.29, 0.717) is 16.7 Å². The number of halogens is 2. The molecule has 0 aliphatic rings. The number of nitrogens with zero attached hydrogens (tertiary/aromatic N) is 4. The van der Waals surface area contributed by atoms with Crippen molar-refractivity contribution >= 4 is 35.0 Å². The van der Waals surface area contributed by atoms with Gasteiger partial charge in [0.2, 0.25) is 5.91 Å². The zero-order valence-corrected chi connectivity index (χ0v) is 18.9. The van der Waals surface area contributed by atoms with Crippen molar-refractivity contribution in [2.45, 2.75) is 24.3 Å². The van der Waals surface area contributed by atoms with Gasteiger partial charge >= 0.3 is 0 Å². The third kappa shape index (κ3) is 4.81. The van der Waals surface area contributed by atoms with Crippen LogP contribution in [0.1, 0.15) is 12.5 Å². The van der Waals surface area contributed by atoms with Gasteiger partial charge in [0.15, 0.2) is 11.0 Å². The van der Waals surface area contributed by atoms with Crippen molar-refractivity contribution in [3.63, 3.8) is 0 Å². The number of carbonyl (C=O) groups is 1. The van der Waals surface area contributed by atoms with Crippen LogP contribution in [0.15, 0.2) is 72.1 Å². The molecular formula is C23H19ClFN5OS. The molecule has 0 aliphatic carbocycles. The highest BCUT2D eigenvalue weighted by molar-refractivity contribution is 8.00. The van der Waals surface area contributed by atoms with Crippen LogP contribution in [0, 0.1) is 12.7 Å². The highest BCUT2D eigenvalue weighted by atomic mass is 35.5.